The third-order valence-electron chi connectivity index (χ3n) is 2.98. The Morgan fingerprint density at radius 2 is 2.22 bits per heavy atom. The maximum atomic E-state index is 13.3. The number of aromatic carboxylic acids is 1. The maximum Gasteiger partial charge on any atom is 0.343 e. The zero-order valence-corrected chi connectivity index (χ0v) is 11.3. The van der Waals surface area contributed by atoms with Crippen LogP contribution in [0.4, 0.5) is 8.78 Å². The number of nitrogens with zero attached hydrogens (tertiary/aromatic N) is 1. The van der Waals surface area contributed by atoms with Crippen molar-refractivity contribution in [3.8, 4) is 0 Å². The van der Waals surface area contributed by atoms with Crippen LogP contribution in [0.5, 0.6) is 0 Å². The van der Waals surface area contributed by atoms with Crippen molar-refractivity contribution >= 4 is 21.9 Å². The lowest BCUT2D eigenvalue weighted by Gasteiger charge is -2.15. The van der Waals surface area contributed by atoms with Gasteiger partial charge in [-0.15, -0.1) is 0 Å². The van der Waals surface area contributed by atoms with Crippen molar-refractivity contribution in [2.75, 3.05) is 0 Å². The summed E-state index contributed by atoms with van der Waals surface area (Å²) >= 11 is 2.27. The number of aryl methyl sites for hydroxylation is 1. The zero-order valence-electron chi connectivity index (χ0n) is 9.71. The second-order valence-corrected chi connectivity index (χ2v) is 5.35. The largest absolute Gasteiger partial charge is 0.478 e. The van der Waals surface area contributed by atoms with E-state index in [-0.39, 0.29) is 17.2 Å². The van der Waals surface area contributed by atoms with Crippen molar-refractivity contribution in [2.24, 2.45) is 0 Å². The highest BCUT2D eigenvalue weighted by Crippen LogP contribution is 2.44. The molecule has 1 saturated carbocycles. The van der Waals surface area contributed by atoms with E-state index in [0.29, 0.717) is 12.0 Å². The fourth-order valence-electron chi connectivity index (χ4n) is 1.98. The lowest BCUT2D eigenvalue weighted by Crippen LogP contribution is -2.15. The van der Waals surface area contributed by atoms with Gasteiger partial charge in [-0.05, 0) is 52.7 Å². The van der Waals surface area contributed by atoms with E-state index in [1.165, 1.54) is 6.07 Å². The average molecular weight is 320 g/mol. The Kier molecular flexibility index (Phi) is 3.40. The normalized spacial score (nSPS) is 15.8. The molecular formula is C12H12BrF2NO2. The van der Waals surface area contributed by atoms with E-state index in [0.717, 1.165) is 12.8 Å². The van der Waals surface area contributed by atoms with E-state index < -0.39 is 16.5 Å². The van der Waals surface area contributed by atoms with Gasteiger partial charge in [0.25, 0.3) is 0 Å². The Hall–Kier alpha value is -1.04. The fraction of sp³-hybridized carbons (Fsp3) is 0.500. The molecule has 0 amide bonds. The van der Waals surface area contributed by atoms with Crippen molar-refractivity contribution < 1.29 is 18.7 Å². The van der Waals surface area contributed by atoms with Crippen LogP contribution in [-0.2, 0) is 11.3 Å². The molecule has 0 bridgehead atoms. The number of pyridine rings is 1. The molecule has 1 aliphatic rings. The summed E-state index contributed by atoms with van der Waals surface area (Å²) in [4.78, 5) is 11.8. The molecule has 1 fully saturated rings. The fourth-order valence-corrected chi connectivity index (χ4v) is 2.19. The molecule has 1 N–H and O–H groups in total. The van der Waals surface area contributed by atoms with Crippen LogP contribution >= 0.6 is 15.9 Å². The third kappa shape index (κ3) is 2.53. The molecule has 0 aromatic carbocycles. The van der Waals surface area contributed by atoms with Gasteiger partial charge in [-0.1, -0.05) is 6.92 Å². The molecular weight excluding hydrogens is 308 g/mol. The van der Waals surface area contributed by atoms with Gasteiger partial charge in [0.05, 0.1) is 11.3 Å². The molecule has 1 aromatic heterocycles. The van der Waals surface area contributed by atoms with E-state index in [1.807, 2.05) is 0 Å². The van der Waals surface area contributed by atoms with Crippen LogP contribution in [0.25, 0.3) is 0 Å². The first kappa shape index (κ1) is 13.4. The lowest BCUT2D eigenvalue weighted by atomic mass is 9.99. The summed E-state index contributed by atoms with van der Waals surface area (Å²) in [5.41, 5.74) is 0.399. The first-order valence-electron chi connectivity index (χ1n) is 5.69. The van der Waals surface area contributed by atoms with Crippen LogP contribution < -0.4 is 0 Å². The third-order valence-corrected chi connectivity index (χ3v) is 3.39. The molecule has 1 aromatic rings. The molecule has 0 radical (unpaired) electrons. The molecule has 18 heavy (non-hydrogen) atoms. The highest BCUT2D eigenvalue weighted by atomic mass is 79.9. The Bertz CT molecular complexity index is 496. The van der Waals surface area contributed by atoms with Crippen molar-refractivity contribution in [3.05, 3.63) is 28.6 Å². The molecule has 1 heterocycles. The van der Waals surface area contributed by atoms with E-state index >= 15 is 0 Å². The number of carbonyl (C=O) groups is 1. The second kappa shape index (κ2) is 4.57. The van der Waals surface area contributed by atoms with Gasteiger partial charge < -0.3 is 5.11 Å². The minimum atomic E-state index is -3.22. The molecule has 6 heteroatoms. The average Bonchev–Trinajstić information content (AvgIpc) is 3.09. The monoisotopic (exact) mass is 319 g/mol. The van der Waals surface area contributed by atoms with Gasteiger partial charge in [0, 0.05) is 0 Å². The zero-order chi connectivity index (χ0) is 13.5. The van der Waals surface area contributed by atoms with Crippen molar-refractivity contribution in [1.82, 2.24) is 4.98 Å². The van der Waals surface area contributed by atoms with Crippen LogP contribution in [0.1, 0.15) is 53.0 Å². The Morgan fingerprint density at radius 1 is 1.61 bits per heavy atom. The van der Waals surface area contributed by atoms with E-state index in [4.69, 9.17) is 0 Å². The first-order chi connectivity index (χ1) is 8.34. The predicted molar refractivity (Wildman–Crippen MR) is 65.4 cm³/mol. The van der Waals surface area contributed by atoms with E-state index in [1.54, 1.807) is 6.92 Å². The quantitative estimate of drug-likeness (QED) is 0.861. The van der Waals surface area contributed by atoms with Crippen LogP contribution in [0.3, 0.4) is 0 Å². The molecule has 3 nitrogen and oxygen atoms in total. The number of hydrogen-bond acceptors (Lipinski definition) is 2. The number of aromatic nitrogens is 1. The van der Waals surface area contributed by atoms with Crippen LogP contribution in [-0.4, -0.2) is 16.1 Å². The van der Waals surface area contributed by atoms with Gasteiger partial charge in [0.1, 0.15) is 5.69 Å². The second-order valence-electron chi connectivity index (χ2n) is 4.35. The van der Waals surface area contributed by atoms with Gasteiger partial charge in [0.2, 0.25) is 0 Å². The lowest BCUT2D eigenvalue weighted by molar-refractivity contribution is 0.0692. The number of rotatable bonds is 4. The number of alkyl halides is 3. The van der Waals surface area contributed by atoms with Crippen molar-refractivity contribution in [1.29, 1.82) is 0 Å². The SMILES string of the molecule is CCc1nc(C(F)(F)Br)cc(C2CC2)c1C(=O)O. The van der Waals surface area contributed by atoms with Gasteiger partial charge in [-0.2, -0.15) is 8.78 Å². The summed E-state index contributed by atoms with van der Waals surface area (Å²) in [6.07, 6.45) is 2.01. The Balaban J connectivity index is 2.63. The topological polar surface area (TPSA) is 50.2 Å². The van der Waals surface area contributed by atoms with Crippen LogP contribution in [0, 0.1) is 0 Å². The maximum absolute atomic E-state index is 13.3. The number of halogens is 3. The van der Waals surface area contributed by atoms with E-state index in [2.05, 4.69) is 20.9 Å². The van der Waals surface area contributed by atoms with Crippen molar-refractivity contribution in [2.45, 2.75) is 36.9 Å². The highest BCUT2D eigenvalue weighted by molar-refractivity contribution is 9.09. The van der Waals surface area contributed by atoms with Gasteiger partial charge >= 0.3 is 10.8 Å². The summed E-state index contributed by atoms with van der Waals surface area (Å²) in [5.74, 6) is -1.01. The molecule has 1 aliphatic carbocycles. The number of carboxylic acid groups (broad SMARTS) is 1. The molecule has 2 rings (SSSR count). The molecule has 0 aliphatic heterocycles. The minimum absolute atomic E-state index is 0.0815. The minimum Gasteiger partial charge on any atom is -0.478 e. The molecule has 0 spiro atoms. The predicted octanol–water partition coefficient (Wildman–Crippen LogP) is 3.66. The Labute approximate surface area is 111 Å². The van der Waals surface area contributed by atoms with Gasteiger partial charge in [0.15, 0.2) is 0 Å². The standard InChI is InChI=1S/C12H12BrF2NO2/c1-2-8-10(11(17)18)7(6-3-4-6)5-9(16-8)12(13,14)15/h5-6H,2-4H2,1H3,(H,17,18). The highest BCUT2D eigenvalue weighted by Gasteiger charge is 2.35. The molecule has 0 atom stereocenters. The van der Waals surface area contributed by atoms with Gasteiger partial charge in [-0.25, -0.2) is 9.78 Å². The summed E-state index contributed by atoms with van der Waals surface area (Å²) < 4.78 is 26.5. The number of carboxylic acids is 1. The summed E-state index contributed by atoms with van der Waals surface area (Å²) in [6, 6.07) is 1.22. The number of hydrogen-bond donors (Lipinski definition) is 1. The van der Waals surface area contributed by atoms with E-state index in [9.17, 15) is 18.7 Å². The van der Waals surface area contributed by atoms with Crippen molar-refractivity contribution in [3.63, 3.8) is 0 Å². The Morgan fingerprint density at radius 3 is 2.61 bits per heavy atom. The summed E-state index contributed by atoms with van der Waals surface area (Å²) in [7, 11) is 0. The summed E-state index contributed by atoms with van der Waals surface area (Å²) in [5, 5.41) is 9.21. The molecule has 0 unspecified atom stereocenters. The first-order valence-corrected chi connectivity index (χ1v) is 6.48. The molecule has 98 valence electrons. The summed E-state index contributed by atoms with van der Waals surface area (Å²) in [6.45, 7) is 1.71. The van der Waals surface area contributed by atoms with Gasteiger partial charge in [-0.3, -0.25) is 0 Å². The smallest absolute Gasteiger partial charge is 0.343 e. The van der Waals surface area contributed by atoms with Crippen LogP contribution in [0.15, 0.2) is 6.07 Å². The molecule has 0 saturated heterocycles. The van der Waals surface area contributed by atoms with Crippen LogP contribution in [0.2, 0.25) is 0 Å².